The van der Waals surface area contributed by atoms with E-state index in [9.17, 15) is 28.8 Å². The maximum Gasteiger partial charge on any atom is 0.316 e. The molecular formula is C37H56N6O7. The maximum atomic E-state index is 14.4. The largest absolute Gasteiger partial charge is 0.497 e. The fourth-order valence-electron chi connectivity index (χ4n) is 7.34. The minimum atomic E-state index is -1.16. The number of primary amides is 1. The van der Waals surface area contributed by atoms with Crippen LogP contribution in [0.4, 0.5) is 4.79 Å². The molecule has 50 heavy (non-hydrogen) atoms. The molecule has 6 amide bonds. The van der Waals surface area contributed by atoms with Crippen molar-refractivity contribution >= 4 is 35.4 Å². The van der Waals surface area contributed by atoms with E-state index in [0.29, 0.717) is 31.4 Å². The summed E-state index contributed by atoms with van der Waals surface area (Å²) in [4.78, 5) is 81.8. The van der Waals surface area contributed by atoms with Crippen LogP contribution < -0.4 is 31.7 Å². The highest BCUT2D eigenvalue weighted by Crippen LogP contribution is 2.36. The van der Waals surface area contributed by atoms with E-state index in [1.807, 2.05) is 58.9 Å². The van der Waals surface area contributed by atoms with Crippen molar-refractivity contribution in [2.24, 2.45) is 28.9 Å². The Labute approximate surface area is 295 Å². The average molecular weight is 697 g/mol. The Morgan fingerprint density at radius 2 is 1.68 bits per heavy atom. The highest BCUT2D eigenvalue weighted by molar-refractivity contribution is 6.37. The van der Waals surface area contributed by atoms with Crippen LogP contribution in [0.2, 0.25) is 0 Å². The predicted octanol–water partition coefficient (Wildman–Crippen LogP) is 2.94. The van der Waals surface area contributed by atoms with Gasteiger partial charge in [-0.1, -0.05) is 78.9 Å². The van der Waals surface area contributed by atoms with Gasteiger partial charge in [-0.2, -0.15) is 0 Å². The van der Waals surface area contributed by atoms with Crippen molar-refractivity contribution in [1.29, 1.82) is 0 Å². The summed E-state index contributed by atoms with van der Waals surface area (Å²) in [5, 5.41) is 11.6. The second-order valence-electron chi connectivity index (χ2n) is 15.7. The average Bonchev–Trinajstić information content (AvgIpc) is 3.77. The van der Waals surface area contributed by atoms with Crippen LogP contribution in [0.15, 0.2) is 24.3 Å². The molecular weight excluding hydrogens is 640 g/mol. The number of nitrogens with two attached hydrogens (primary N) is 1. The first-order chi connectivity index (χ1) is 23.6. The van der Waals surface area contributed by atoms with Crippen LogP contribution in [-0.2, 0) is 30.5 Å². The normalized spacial score (nSPS) is 21.5. The Kier molecular flexibility index (Phi) is 12.6. The Morgan fingerprint density at radius 1 is 1.00 bits per heavy atom. The summed E-state index contributed by atoms with van der Waals surface area (Å²) in [5.41, 5.74) is 4.25. The van der Waals surface area contributed by atoms with Crippen molar-refractivity contribution in [3.05, 3.63) is 29.8 Å². The fraction of sp³-hybridized carbons (Fsp3) is 0.676. The SMILES string of the molecule is COc1cccc(CNC(=O)C2(NC(=O)N[C@H](C(=O)N3CCC(C(C)C)[C@H]3C(=O)NC(CC3CC3)C(=O)C(N)=O)C(C)(C)C)CCCCC2)c1. The lowest BCUT2D eigenvalue weighted by atomic mass is 9.80. The van der Waals surface area contributed by atoms with E-state index in [0.717, 1.165) is 37.7 Å². The minimum Gasteiger partial charge on any atom is -0.497 e. The molecule has 4 atom stereocenters. The number of hydrogen-bond acceptors (Lipinski definition) is 7. The molecule has 4 rings (SSSR count). The third-order valence-electron chi connectivity index (χ3n) is 10.5. The molecule has 2 aliphatic carbocycles. The van der Waals surface area contributed by atoms with Crippen LogP contribution in [0.25, 0.3) is 0 Å². The number of carbonyl (C=O) groups is 6. The highest BCUT2D eigenvalue weighted by atomic mass is 16.5. The van der Waals surface area contributed by atoms with E-state index in [1.165, 1.54) is 4.90 Å². The number of amides is 6. The molecule has 276 valence electrons. The smallest absolute Gasteiger partial charge is 0.316 e. The lowest BCUT2D eigenvalue weighted by Gasteiger charge is -2.39. The molecule has 2 saturated carbocycles. The third kappa shape index (κ3) is 9.54. The van der Waals surface area contributed by atoms with Gasteiger partial charge >= 0.3 is 6.03 Å². The van der Waals surface area contributed by atoms with Crippen LogP contribution in [-0.4, -0.2) is 77.7 Å². The van der Waals surface area contributed by atoms with Crippen molar-refractivity contribution in [2.75, 3.05) is 13.7 Å². The molecule has 1 aromatic carbocycles. The van der Waals surface area contributed by atoms with Gasteiger partial charge in [0.05, 0.1) is 13.2 Å². The number of nitrogens with zero attached hydrogens (tertiary/aromatic N) is 1. The number of benzene rings is 1. The van der Waals surface area contributed by atoms with E-state index in [2.05, 4.69) is 21.3 Å². The van der Waals surface area contributed by atoms with E-state index < -0.39 is 58.6 Å². The zero-order valence-electron chi connectivity index (χ0n) is 30.4. The Bertz CT molecular complexity index is 1430. The van der Waals surface area contributed by atoms with E-state index in [4.69, 9.17) is 10.5 Å². The number of rotatable bonds is 14. The van der Waals surface area contributed by atoms with Crippen molar-refractivity contribution in [1.82, 2.24) is 26.2 Å². The molecule has 1 saturated heterocycles. The van der Waals surface area contributed by atoms with Crippen LogP contribution in [0.3, 0.4) is 0 Å². The summed E-state index contributed by atoms with van der Waals surface area (Å²) in [6, 6.07) is 3.74. The van der Waals surface area contributed by atoms with Gasteiger partial charge in [-0.05, 0) is 66.5 Å². The van der Waals surface area contributed by atoms with Crippen LogP contribution >= 0.6 is 0 Å². The van der Waals surface area contributed by atoms with Gasteiger partial charge in [0, 0.05) is 13.1 Å². The van der Waals surface area contributed by atoms with Crippen molar-refractivity contribution in [3.63, 3.8) is 0 Å². The van der Waals surface area contributed by atoms with Gasteiger partial charge in [-0.3, -0.25) is 24.0 Å². The standard InChI is InChI=1S/C37H56N6O7/c1-22(2)26-15-18-43(28(26)32(46)40-27(20-23-13-14-23)29(44)31(38)45)33(47)30(36(3,4)5)41-35(49)42-37(16-8-7-9-17-37)34(48)39-21-24-11-10-12-25(19-24)50-6/h10-12,19,22-23,26-28,30H,7-9,13-18,20-21H2,1-6H3,(H2,38,45)(H,39,48)(H,40,46)(H2,41,42,49)/t26?,27?,28-,30+/m0/s1. The molecule has 2 unspecified atom stereocenters. The topological polar surface area (TPSA) is 189 Å². The molecule has 0 spiro atoms. The van der Waals surface area contributed by atoms with Gasteiger partial charge in [0.15, 0.2) is 0 Å². The number of Topliss-reactive ketones (excluding diaryl/α,β-unsaturated/α-hetero) is 1. The van der Waals surface area contributed by atoms with E-state index in [1.54, 1.807) is 7.11 Å². The Morgan fingerprint density at radius 3 is 2.26 bits per heavy atom. The van der Waals surface area contributed by atoms with Gasteiger partial charge < -0.3 is 36.6 Å². The maximum absolute atomic E-state index is 14.4. The zero-order valence-corrected chi connectivity index (χ0v) is 30.4. The molecule has 1 heterocycles. The molecule has 3 aliphatic rings. The Hall–Kier alpha value is -4.16. The Balaban J connectivity index is 1.51. The van der Waals surface area contributed by atoms with Gasteiger partial charge in [-0.25, -0.2) is 4.79 Å². The molecule has 6 N–H and O–H groups in total. The number of ketones is 1. The summed E-state index contributed by atoms with van der Waals surface area (Å²) in [5.74, 6) is -2.47. The molecule has 0 radical (unpaired) electrons. The van der Waals surface area contributed by atoms with Crippen molar-refractivity contribution in [2.45, 2.75) is 123 Å². The second-order valence-corrected chi connectivity index (χ2v) is 15.7. The first-order valence-corrected chi connectivity index (χ1v) is 18.0. The summed E-state index contributed by atoms with van der Waals surface area (Å²) >= 11 is 0. The van der Waals surface area contributed by atoms with Gasteiger partial charge in [0.2, 0.25) is 23.5 Å². The van der Waals surface area contributed by atoms with Gasteiger partial charge in [0.25, 0.3) is 5.91 Å². The zero-order chi connectivity index (χ0) is 36.8. The lowest BCUT2D eigenvalue weighted by molar-refractivity contribution is -0.144. The number of carbonyl (C=O) groups excluding carboxylic acids is 6. The number of likely N-dealkylation sites (tertiary alicyclic amines) is 1. The first-order valence-electron chi connectivity index (χ1n) is 18.0. The highest BCUT2D eigenvalue weighted by Gasteiger charge is 2.49. The third-order valence-corrected chi connectivity index (χ3v) is 10.5. The van der Waals surface area contributed by atoms with Crippen molar-refractivity contribution < 1.29 is 33.5 Å². The minimum absolute atomic E-state index is 0.0308. The van der Waals surface area contributed by atoms with Crippen LogP contribution in [0.5, 0.6) is 5.75 Å². The van der Waals surface area contributed by atoms with Gasteiger partial charge in [0.1, 0.15) is 23.4 Å². The van der Waals surface area contributed by atoms with Crippen LogP contribution in [0.1, 0.15) is 98.0 Å². The molecule has 1 aromatic rings. The number of nitrogens with one attached hydrogen (secondary N) is 4. The predicted molar refractivity (Wildman–Crippen MR) is 187 cm³/mol. The number of methoxy groups -OCH3 is 1. The number of hydrogen-bond donors (Lipinski definition) is 5. The molecule has 0 aromatic heterocycles. The summed E-state index contributed by atoms with van der Waals surface area (Å²) in [6.07, 6.45) is 6.06. The van der Waals surface area contributed by atoms with E-state index >= 15 is 0 Å². The quantitative estimate of drug-likeness (QED) is 0.185. The van der Waals surface area contributed by atoms with Crippen LogP contribution in [0, 0.1) is 23.2 Å². The number of ether oxygens (including phenoxy) is 1. The number of urea groups is 1. The lowest BCUT2D eigenvalue weighted by Crippen LogP contribution is -2.65. The summed E-state index contributed by atoms with van der Waals surface area (Å²) in [6.45, 7) is 9.98. The van der Waals surface area contributed by atoms with Gasteiger partial charge in [-0.15, -0.1) is 0 Å². The fourth-order valence-corrected chi connectivity index (χ4v) is 7.34. The molecule has 0 bridgehead atoms. The molecule has 13 nitrogen and oxygen atoms in total. The molecule has 13 heteroatoms. The monoisotopic (exact) mass is 696 g/mol. The second kappa shape index (κ2) is 16.2. The van der Waals surface area contributed by atoms with E-state index in [-0.39, 0.29) is 36.8 Å². The first kappa shape index (κ1) is 38.6. The molecule has 3 fully saturated rings. The molecule has 1 aliphatic heterocycles. The summed E-state index contributed by atoms with van der Waals surface area (Å²) in [7, 11) is 1.58. The van der Waals surface area contributed by atoms with Crippen molar-refractivity contribution in [3.8, 4) is 5.75 Å². The summed E-state index contributed by atoms with van der Waals surface area (Å²) < 4.78 is 5.30.